The number of aromatic hydroxyl groups is 2. The zero-order chi connectivity index (χ0) is 17.9. The van der Waals surface area contributed by atoms with E-state index >= 15 is 0 Å². The Morgan fingerprint density at radius 1 is 1.21 bits per heavy atom. The number of aliphatic hydroxyl groups is 1. The van der Waals surface area contributed by atoms with Crippen LogP contribution in [0.5, 0.6) is 11.5 Å². The molecule has 0 aliphatic heterocycles. The molecule has 1 saturated carbocycles. The second-order valence-corrected chi connectivity index (χ2v) is 7.13. The summed E-state index contributed by atoms with van der Waals surface area (Å²) in [7, 11) is 0. The monoisotopic (exact) mass is 330 g/mol. The molecule has 1 unspecified atom stereocenters. The Morgan fingerprint density at radius 2 is 1.83 bits per heavy atom. The van der Waals surface area contributed by atoms with Crippen LogP contribution in [0.4, 0.5) is 0 Å². The maximum atomic E-state index is 10.6. The third kappa shape index (κ3) is 3.84. The fourth-order valence-electron chi connectivity index (χ4n) is 3.80. The fraction of sp³-hybridized carbons (Fsp3) is 0.524. The number of phenols is 2. The number of rotatable bonds is 6. The predicted molar refractivity (Wildman–Crippen MR) is 98.4 cm³/mol. The molecule has 132 valence electrons. The molecule has 24 heavy (non-hydrogen) atoms. The molecule has 0 bridgehead atoms. The molecule has 1 aliphatic carbocycles. The number of allylic oxidation sites excluding steroid dienone is 1. The van der Waals surface area contributed by atoms with Crippen LogP contribution in [0.1, 0.15) is 63.0 Å². The van der Waals surface area contributed by atoms with Gasteiger partial charge in [0.05, 0.1) is 6.10 Å². The molecule has 1 aromatic carbocycles. The molecule has 0 radical (unpaired) electrons. The van der Waals surface area contributed by atoms with E-state index in [-0.39, 0.29) is 17.4 Å². The number of phenolic OH excluding ortho intramolecular Hbond substituents is 2. The zero-order valence-corrected chi connectivity index (χ0v) is 14.9. The highest BCUT2D eigenvalue weighted by atomic mass is 16.3. The van der Waals surface area contributed by atoms with Crippen molar-refractivity contribution in [1.82, 2.24) is 0 Å². The number of hydrogen-bond donors (Lipinski definition) is 3. The van der Waals surface area contributed by atoms with E-state index < -0.39 is 12.0 Å². The van der Waals surface area contributed by atoms with Gasteiger partial charge in [-0.3, -0.25) is 0 Å². The first-order chi connectivity index (χ1) is 11.4. The topological polar surface area (TPSA) is 60.7 Å². The number of aryl methyl sites for hydroxylation is 1. The maximum Gasteiger partial charge on any atom is 0.123 e. The summed E-state index contributed by atoms with van der Waals surface area (Å²) in [4.78, 5) is 0. The molecule has 0 heterocycles. The average Bonchev–Trinajstić information content (AvgIpc) is 2.51. The minimum Gasteiger partial charge on any atom is -0.508 e. The zero-order valence-electron chi connectivity index (χ0n) is 14.9. The first-order valence-corrected chi connectivity index (χ1v) is 8.92. The smallest absolute Gasteiger partial charge is 0.123 e. The van der Waals surface area contributed by atoms with Gasteiger partial charge in [-0.25, -0.2) is 0 Å². The summed E-state index contributed by atoms with van der Waals surface area (Å²) in [5.41, 5.74) is 3.06. The summed E-state index contributed by atoms with van der Waals surface area (Å²) in [6.45, 7) is 12.1. The normalized spacial score (nSPS) is 24.1. The maximum absolute atomic E-state index is 10.6. The number of unbranched alkanes of at least 4 members (excludes halogenated alkanes) is 2. The fourth-order valence-corrected chi connectivity index (χ4v) is 3.80. The number of benzene rings is 1. The van der Waals surface area contributed by atoms with Crippen LogP contribution in [-0.4, -0.2) is 21.4 Å². The number of aliphatic hydroxyl groups excluding tert-OH is 1. The van der Waals surface area contributed by atoms with Crippen molar-refractivity contribution in [2.75, 3.05) is 0 Å². The molecule has 3 N–H and O–H groups in total. The Labute approximate surface area is 145 Å². The van der Waals surface area contributed by atoms with Gasteiger partial charge in [0.2, 0.25) is 0 Å². The van der Waals surface area contributed by atoms with Crippen molar-refractivity contribution in [3.8, 4) is 11.5 Å². The van der Waals surface area contributed by atoms with Crippen LogP contribution in [0.15, 0.2) is 36.4 Å². The lowest BCUT2D eigenvalue weighted by atomic mass is 9.69. The van der Waals surface area contributed by atoms with Crippen LogP contribution in [0.3, 0.4) is 0 Å². The molecule has 3 nitrogen and oxygen atoms in total. The van der Waals surface area contributed by atoms with Crippen molar-refractivity contribution < 1.29 is 15.3 Å². The van der Waals surface area contributed by atoms with Gasteiger partial charge in [-0.1, -0.05) is 38.5 Å². The Morgan fingerprint density at radius 3 is 2.38 bits per heavy atom. The van der Waals surface area contributed by atoms with Crippen molar-refractivity contribution >= 4 is 0 Å². The molecule has 0 saturated heterocycles. The number of hydrogen-bond acceptors (Lipinski definition) is 3. The third-order valence-electron chi connectivity index (χ3n) is 5.20. The predicted octanol–water partition coefficient (Wildman–Crippen LogP) is 4.82. The first kappa shape index (κ1) is 18.6. The molecule has 0 aromatic heterocycles. The highest BCUT2D eigenvalue weighted by Gasteiger charge is 2.38. The standard InChI is InChI=1S/C21H30O3/c1-5-6-7-8-15-11-17(22)20(18(23)12-15)19-16(13(2)3)10-9-14(4)21(19)24/h11-12,16,19,21-24H,2,4-10H2,1,3H3/t16-,19+,21?/m1/s1. The quantitative estimate of drug-likeness (QED) is 0.518. The molecular weight excluding hydrogens is 300 g/mol. The molecule has 2 rings (SSSR count). The second kappa shape index (κ2) is 7.89. The molecule has 1 fully saturated rings. The Hall–Kier alpha value is -1.74. The molecule has 1 aliphatic rings. The second-order valence-electron chi connectivity index (χ2n) is 7.13. The summed E-state index contributed by atoms with van der Waals surface area (Å²) in [6.07, 6.45) is 4.92. The van der Waals surface area contributed by atoms with Crippen molar-refractivity contribution in [1.29, 1.82) is 0 Å². The van der Waals surface area contributed by atoms with Gasteiger partial charge in [-0.05, 0) is 61.8 Å². The summed E-state index contributed by atoms with van der Waals surface area (Å²) in [5.74, 6) is -0.250. The Kier molecular flexibility index (Phi) is 6.11. The lowest BCUT2D eigenvalue weighted by Crippen LogP contribution is -2.32. The molecular formula is C21H30O3. The van der Waals surface area contributed by atoms with Crippen molar-refractivity contribution in [2.45, 2.75) is 64.4 Å². The van der Waals surface area contributed by atoms with Crippen molar-refractivity contribution in [3.05, 3.63) is 47.6 Å². The van der Waals surface area contributed by atoms with Crippen molar-refractivity contribution in [3.63, 3.8) is 0 Å². The highest BCUT2D eigenvalue weighted by molar-refractivity contribution is 5.51. The Balaban J connectivity index is 2.37. The van der Waals surface area contributed by atoms with E-state index in [1.165, 1.54) is 0 Å². The minimum atomic E-state index is -0.775. The van der Waals surface area contributed by atoms with Gasteiger partial charge in [0, 0.05) is 11.5 Å². The van der Waals surface area contributed by atoms with Gasteiger partial charge in [-0.2, -0.15) is 0 Å². The molecule has 3 heteroatoms. The Bertz CT molecular complexity index is 595. The van der Waals surface area contributed by atoms with E-state index in [9.17, 15) is 15.3 Å². The van der Waals surface area contributed by atoms with Crippen LogP contribution < -0.4 is 0 Å². The minimum absolute atomic E-state index is 0.0215. The van der Waals surface area contributed by atoms with E-state index in [0.29, 0.717) is 5.56 Å². The van der Waals surface area contributed by atoms with E-state index in [1.807, 2.05) is 6.92 Å². The van der Waals surface area contributed by atoms with Gasteiger partial charge in [0.15, 0.2) is 0 Å². The average molecular weight is 330 g/mol. The van der Waals surface area contributed by atoms with E-state index in [1.54, 1.807) is 12.1 Å². The molecule has 3 atom stereocenters. The van der Waals surface area contributed by atoms with Gasteiger partial charge in [0.1, 0.15) is 11.5 Å². The van der Waals surface area contributed by atoms with Crippen LogP contribution in [0.2, 0.25) is 0 Å². The van der Waals surface area contributed by atoms with Crippen LogP contribution in [-0.2, 0) is 6.42 Å². The van der Waals surface area contributed by atoms with Gasteiger partial charge in [0.25, 0.3) is 0 Å². The third-order valence-corrected chi connectivity index (χ3v) is 5.20. The van der Waals surface area contributed by atoms with Crippen LogP contribution >= 0.6 is 0 Å². The lowest BCUT2D eigenvalue weighted by molar-refractivity contribution is 0.127. The van der Waals surface area contributed by atoms with Gasteiger partial charge < -0.3 is 15.3 Å². The van der Waals surface area contributed by atoms with Crippen LogP contribution in [0, 0.1) is 5.92 Å². The highest BCUT2D eigenvalue weighted by Crippen LogP contribution is 2.48. The van der Waals surface area contributed by atoms with Gasteiger partial charge in [-0.15, -0.1) is 0 Å². The SMILES string of the molecule is C=C1CC[C@H](C(=C)C)[C@@H](c2c(O)cc(CCCCC)cc2O)C1O. The van der Waals surface area contributed by atoms with E-state index in [2.05, 4.69) is 20.1 Å². The summed E-state index contributed by atoms with van der Waals surface area (Å²) in [5, 5.41) is 31.7. The summed E-state index contributed by atoms with van der Waals surface area (Å²) in [6, 6.07) is 3.45. The largest absolute Gasteiger partial charge is 0.508 e. The summed E-state index contributed by atoms with van der Waals surface area (Å²) >= 11 is 0. The first-order valence-electron chi connectivity index (χ1n) is 8.92. The van der Waals surface area contributed by atoms with Gasteiger partial charge >= 0.3 is 0 Å². The lowest BCUT2D eigenvalue weighted by Gasteiger charge is -2.38. The van der Waals surface area contributed by atoms with E-state index in [0.717, 1.165) is 55.2 Å². The van der Waals surface area contributed by atoms with E-state index in [4.69, 9.17) is 0 Å². The molecule has 0 amide bonds. The summed E-state index contributed by atoms with van der Waals surface area (Å²) < 4.78 is 0. The molecule has 1 aromatic rings. The van der Waals surface area contributed by atoms with Crippen molar-refractivity contribution in [2.24, 2.45) is 5.92 Å². The van der Waals surface area contributed by atoms with Crippen LogP contribution in [0.25, 0.3) is 0 Å². The molecule has 0 spiro atoms.